The predicted octanol–water partition coefficient (Wildman–Crippen LogP) is 0.777. The van der Waals surface area contributed by atoms with Crippen LogP contribution in [0.4, 0.5) is 0 Å². The molecule has 14 heavy (non-hydrogen) atoms. The van der Waals surface area contributed by atoms with Crippen molar-refractivity contribution in [2.45, 2.75) is 24.3 Å². The maximum atomic E-state index is 11.1. The van der Waals surface area contributed by atoms with Gasteiger partial charge in [0.05, 0.1) is 11.0 Å². The Morgan fingerprint density at radius 2 is 2.00 bits per heavy atom. The SMILES string of the molecule is CCC(O)c1ccccc1S(N)(=O)=O. The van der Waals surface area contributed by atoms with Gasteiger partial charge in [0.2, 0.25) is 10.0 Å². The highest BCUT2D eigenvalue weighted by Gasteiger charge is 2.17. The Bertz CT molecular complexity index is 414. The third kappa shape index (κ3) is 2.31. The van der Waals surface area contributed by atoms with Crippen molar-refractivity contribution >= 4 is 10.0 Å². The number of benzene rings is 1. The molecule has 78 valence electrons. The molecule has 0 saturated carbocycles. The van der Waals surface area contributed by atoms with E-state index in [0.29, 0.717) is 12.0 Å². The summed E-state index contributed by atoms with van der Waals surface area (Å²) in [4.78, 5) is -0.00523. The fourth-order valence-electron chi connectivity index (χ4n) is 1.23. The maximum absolute atomic E-state index is 11.1. The third-order valence-electron chi connectivity index (χ3n) is 1.97. The van der Waals surface area contributed by atoms with Crippen LogP contribution in [-0.4, -0.2) is 13.5 Å². The second kappa shape index (κ2) is 4.08. The highest BCUT2D eigenvalue weighted by atomic mass is 32.2. The first-order valence-electron chi connectivity index (χ1n) is 4.26. The topological polar surface area (TPSA) is 80.4 Å². The second-order valence-electron chi connectivity index (χ2n) is 3.01. The third-order valence-corrected chi connectivity index (χ3v) is 2.96. The molecule has 0 radical (unpaired) electrons. The molecule has 0 bridgehead atoms. The van der Waals surface area contributed by atoms with Crippen molar-refractivity contribution < 1.29 is 13.5 Å². The lowest BCUT2D eigenvalue weighted by Gasteiger charge is -2.11. The molecule has 1 aromatic rings. The van der Waals surface area contributed by atoms with Gasteiger partial charge < -0.3 is 5.11 Å². The molecular weight excluding hydrogens is 202 g/mol. The molecule has 0 aromatic heterocycles. The number of hydrogen-bond acceptors (Lipinski definition) is 3. The van der Waals surface area contributed by atoms with Gasteiger partial charge in [-0.25, -0.2) is 13.6 Å². The van der Waals surface area contributed by atoms with Crippen LogP contribution in [0.1, 0.15) is 25.0 Å². The van der Waals surface area contributed by atoms with Crippen LogP contribution in [0, 0.1) is 0 Å². The number of primary sulfonamides is 1. The van der Waals surface area contributed by atoms with Gasteiger partial charge in [0.15, 0.2) is 0 Å². The number of rotatable bonds is 3. The van der Waals surface area contributed by atoms with Gasteiger partial charge in [0, 0.05) is 5.56 Å². The number of hydrogen-bond donors (Lipinski definition) is 2. The van der Waals surface area contributed by atoms with E-state index in [9.17, 15) is 13.5 Å². The summed E-state index contributed by atoms with van der Waals surface area (Å²) < 4.78 is 22.3. The first-order chi connectivity index (χ1) is 6.46. The average Bonchev–Trinajstić information content (AvgIpc) is 2.15. The highest BCUT2D eigenvalue weighted by molar-refractivity contribution is 7.89. The minimum absolute atomic E-state index is 0.00523. The maximum Gasteiger partial charge on any atom is 0.238 e. The number of sulfonamides is 1. The minimum Gasteiger partial charge on any atom is -0.388 e. The molecule has 0 heterocycles. The minimum atomic E-state index is -3.75. The number of aliphatic hydroxyl groups excluding tert-OH is 1. The van der Waals surface area contributed by atoms with E-state index in [1.54, 1.807) is 25.1 Å². The number of aliphatic hydroxyl groups is 1. The molecule has 4 nitrogen and oxygen atoms in total. The van der Waals surface area contributed by atoms with Crippen LogP contribution in [0.5, 0.6) is 0 Å². The van der Waals surface area contributed by atoms with Gasteiger partial charge in [0.1, 0.15) is 0 Å². The molecule has 0 spiro atoms. The van der Waals surface area contributed by atoms with Gasteiger partial charge in [-0.05, 0) is 12.5 Å². The van der Waals surface area contributed by atoms with Crippen LogP contribution in [0.15, 0.2) is 29.2 Å². The Kier molecular flexibility index (Phi) is 3.25. The molecule has 5 heteroatoms. The van der Waals surface area contributed by atoms with Crippen molar-refractivity contribution in [3.63, 3.8) is 0 Å². The van der Waals surface area contributed by atoms with E-state index in [-0.39, 0.29) is 4.90 Å². The smallest absolute Gasteiger partial charge is 0.238 e. The molecule has 0 aliphatic heterocycles. The van der Waals surface area contributed by atoms with Gasteiger partial charge in [0.25, 0.3) is 0 Å². The molecule has 0 aliphatic carbocycles. The van der Waals surface area contributed by atoms with E-state index in [2.05, 4.69) is 0 Å². The van der Waals surface area contributed by atoms with Crippen molar-refractivity contribution in [3.8, 4) is 0 Å². The standard InChI is InChI=1S/C9H13NO3S/c1-2-8(11)7-5-3-4-6-9(7)14(10,12)13/h3-6,8,11H,2H2,1H3,(H2,10,12,13). The zero-order valence-electron chi connectivity index (χ0n) is 7.84. The van der Waals surface area contributed by atoms with Crippen LogP contribution in [0.3, 0.4) is 0 Å². The van der Waals surface area contributed by atoms with Crippen LogP contribution in [-0.2, 0) is 10.0 Å². The summed E-state index contributed by atoms with van der Waals surface area (Å²) in [6.45, 7) is 1.77. The Balaban J connectivity index is 3.30. The Hall–Kier alpha value is -0.910. The summed E-state index contributed by atoms with van der Waals surface area (Å²) in [5.74, 6) is 0. The first kappa shape index (κ1) is 11.2. The first-order valence-corrected chi connectivity index (χ1v) is 5.81. The Morgan fingerprint density at radius 3 is 2.50 bits per heavy atom. The number of nitrogens with two attached hydrogens (primary N) is 1. The molecule has 3 N–H and O–H groups in total. The van der Waals surface area contributed by atoms with Gasteiger partial charge in [-0.2, -0.15) is 0 Å². The summed E-state index contributed by atoms with van der Waals surface area (Å²) in [6.07, 6.45) is -0.337. The van der Waals surface area contributed by atoms with E-state index in [4.69, 9.17) is 5.14 Å². The molecule has 0 saturated heterocycles. The van der Waals surface area contributed by atoms with Crippen LogP contribution >= 0.6 is 0 Å². The van der Waals surface area contributed by atoms with Crippen molar-refractivity contribution in [1.82, 2.24) is 0 Å². The normalized spacial score (nSPS) is 13.9. The van der Waals surface area contributed by atoms with Gasteiger partial charge in [-0.1, -0.05) is 25.1 Å². The lowest BCUT2D eigenvalue weighted by molar-refractivity contribution is 0.170. The fourth-order valence-corrected chi connectivity index (χ4v) is 2.04. The summed E-state index contributed by atoms with van der Waals surface area (Å²) in [6, 6.07) is 6.20. The lowest BCUT2D eigenvalue weighted by atomic mass is 10.1. The molecule has 1 rings (SSSR count). The van der Waals surface area contributed by atoms with Crippen LogP contribution < -0.4 is 5.14 Å². The summed E-state index contributed by atoms with van der Waals surface area (Å²) in [7, 11) is -3.75. The molecule has 1 aromatic carbocycles. The van der Waals surface area contributed by atoms with E-state index in [1.807, 2.05) is 0 Å². The fraction of sp³-hybridized carbons (Fsp3) is 0.333. The van der Waals surface area contributed by atoms with Gasteiger partial charge in [-0.3, -0.25) is 0 Å². The summed E-state index contributed by atoms with van der Waals surface area (Å²) in [5, 5.41) is 14.6. The van der Waals surface area contributed by atoms with Crippen molar-refractivity contribution in [1.29, 1.82) is 0 Å². The van der Waals surface area contributed by atoms with E-state index < -0.39 is 16.1 Å². The van der Waals surface area contributed by atoms with Crippen molar-refractivity contribution in [3.05, 3.63) is 29.8 Å². The zero-order valence-corrected chi connectivity index (χ0v) is 8.66. The summed E-state index contributed by atoms with van der Waals surface area (Å²) >= 11 is 0. The van der Waals surface area contributed by atoms with E-state index in [1.165, 1.54) is 6.07 Å². The second-order valence-corrected chi connectivity index (χ2v) is 4.54. The van der Waals surface area contributed by atoms with Crippen molar-refractivity contribution in [2.24, 2.45) is 5.14 Å². The van der Waals surface area contributed by atoms with E-state index in [0.717, 1.165) is 0 Å². The van der Waals surface area contributed by atoms with Gasteiger partial charge in [-0.15, -0.1) is 0 Å². The Morgan fingerprint density at radius 1 is 1.43 bits per heavy atom. The molecule has 1 unspecified atom stereocenters. The van der Waals surface area contributed by atoms with Crippen LogP contribution in [0.25, 0.3) is 0 Å². The zero-order chi connectivity index (χ0) is 10.8. The summed E-state index contributed by atoms with van der Waals surface area (Å²) in [5.41, 5.74) is 0.359. The average molecular weight is 215 g/mol. The largest absolute Gasteiger partial charge is 0.388 e. The quantitative estimate of drug-likeness (QED) is 0.781. The van der Waals surface area contributed by atoms with Gasteiger partial charge >= 0.3 is 0 Å². The highest BCUT2D eigenvalue weighted by Crippen LogP contribution is 2.23. The lowest BCUT2D eigenvalue weighted by Crippen LogP contribution is -2.15. The monoisotopic (exact) mass is 215 g/mol. The predicted molar refractivity (Wildman–Crippen MR) is 53.1 cm³/mol. The van der Waals surface area contributed by atoms with E-state index >= 15 is 0 Å². The molecular formula is C9H13NO3S. The molecule has 0 aliphatic rings. The molecule has 1 atom stereocenters. The molecule has 0 fully saturated rings. The van der Waals surface area contributed by atoms with Crippen molar-refractivity contribution in [2.75, 3.05) is 0 Å². The van der Waals surface area contributed by atoms with Crippen LogP contribution in [0.2, 0.25) is 0 Å². The molecule has 0 amide bonds. The Labute approximate surface area is 83.4 Å².